The quantitative estimate of drug-likeness (QED) is 0.297. The van der Waals surface area contributed by atoms with Gasteiger partial charge in [-0.3, -0.25) is 25.0 Å². The molecule has 0 bridgehead atoms. The molecule has 0 spiro atoms. The molecule has 0 amide bonds. The van der Waals surface area contributed by atoms with Crippen LogP contribution in [-0.2, 0) is 19.1 Å². The van der Waals surface area contributed by atoms with E-state index in [1.54, 1.807) is 39.0 Å². The van der Waals surface area contributed by atoms with Crippen LogP contribution in [0.4, 0.5) is 17.1 Å². The number of hydrogen-bond acceptors (Lipinski definition) is 9. The van der Waals surface area contributed by atoms with Gasteiger partial charge in [-0.25, -0.2) is 4.79 Å². The fourth-order valence-corrected chi connectivity index (χ4v) is 4.14. The highest BCUT2D eigenvalue weighted by Crippen LogP contribution is 2.44. The number of carbonyl (C=O) groups excluding carboxylic acids is 2. The lowest BCUT2D eigenvalue weighted by Gasteiger charge is -2.33. The van der Waals surface area contributed by atoms with E-state index in [-0.39, 0.29) is 35.9 Å². The zero-order valence-corrected chi connectivity index (χ0v) is 19.9. The van der Waals surface area contributed by atoms with Crippen molar-refractivity contribution < 1.29 is 28.9 Å². The van der Waals surface area contributed by atoms with Crippen LogP contribution in [0, 0.1) is 26.1 Å². The summed E-state index contributed by atoms with van der Waals surface area (Å²) in [5.41, 5.74) is 1.14. The first-order valence-electron chi connectivity index (χ1n) is 11.2. The number of allylic oxidation sites excluding steroid dienone is 1. The summed E-state index contributed by atoms with van der Waals surface area (Å²) in [5, 5.41) is 25.7. The van der Waals surface area contributed by atoms with E-state index in [1.165, 1.54) is 36.4 Å². The van der Waals surface area contributed by atoms with Gasteiger partial charge < -0.3 is 14.8 Å². The third-order valence-corrected chi connectivity index (χ3v) is 5.61. The Labute approximate surface area is 206 Å². The molecule has 0 radical (unpaired) electrons. The lowest BCUT2D eigenvalue weighted by Crippen LogP contribution is -2.34. The Morgan fingerprint density at radius 2 is 1.56 bits per heavy atom. The van der Waals surface area contributed by atoms with Crippen molar-refractivity contribution in [3.63, 3.8) is 0 Å². The van der Waals surface area contributed by atoms with Crippen molar-refractivity contribution in [1.29, 1.82) is 0 Å². The molecule has 0 aromatic heterocycles. The molecule has 3 rings (SSSR count). The molecule has 1 aliphatic rings. The van der Waals surface area contributed by atoms with Crippen molar-refractivity contribution in [2.75, 3.05) is 18.5 Å². The van der Waals surface area contributed by atoms with Gasteiger partial charge in [0, 0.05) is 41.6 Å². The lowest BCUT2D eigenvalue weighted by molar-refractivity contribution is -0.385. The van der Waals surface area contributed by atoms with Crippen LogP contribution in [0.15, 0.2) is 71.5 Å². The molecule has 1 N–H and O–H groups in total. The van der Waals surface area contributed by atoms with E-state index in [1.807, 2.05) is 0 Å². The Bertz CT molecular complexity index is 1270. The molecule has 0 saturated heterocycles. The molecule has 2 aromatic carbocycles. The number of benzene rings is 2. The van der Waals surface area contributed by atoms with Gasteiger partial charge in [-0.15, -0.1) is 0 Å². The number of non-ortho nitro benzene ring substituents is 2. The van der Waals surface area contributed by atoms with Gasteiger partial charge in [-0.1, -0.05) is 23.8 Å². The minimum absolute atomic E-state index is 0.0425. The third-order valence-electron chi connectivity index (χ3n) is 5.61. The molecule has 2 atom stereocenters. The second-order valence-corrected chi connectivity index (χ2v) is 7.93. The van der Waals surface area contributed by atoms with E-state index in [9.17, 15) is 29.8 Å². The summed E-state index contributed by atoms with van der Waals surface area (Å²) in [7, 11) is 0. The van der Waals surface area contributed by atoms with Gasteiger partial charge in [-0.2, -0.15) is 0 Å². The second-order valence-electron chi connectivity index (χ2n) is 7.93. The van der Waals surface area contributed by atoms with Crippen LogP contribution in [0.1, 0.15) is 32.3 Å². The number of nitrogens with zero attached hydrogens (tertiary/aromatic N) is 2. The summed E-state index contributed by atoms with van der Waals surface area (Å²) in [6.45, 7) is 5.10. The summed E-state index contributed by atoms with van der Waals surface area (Å²) in [6.07, 6.45) is 1.58. The number of esters is 2. The Balaban J connectivity index is 2.25. The van der Waals surface area contributed by atoms with Crippen LogP contribution in [-0.4, -0.2) is 35.0 Å². The molecule has 0 aliphatic heterocycles. The summed E-state index contributed by atoms with van der Waals surface area (Å²) in [5.74, 6) is -3.27. The summed E-state index contributed by atoms with van der Waals surface area (Å²) < 4.78 is 10.6. The minimum atomic E-state index is -0.978. The average Bonchev–Trinajstić information content (AvgIpc) is 2.84. The number of hydrogen-bond donors (Lipinski definition) is 1. The maximum atomic E-state index is 13.3. The molecular weight excluding hydrogens is 470 g/mol. The molecule has 1 aliphatic carbocycles. The Morgan fingerprint density at radius 1 is 0.944 bits per heavy atom. The van der Waals surface area contributed by atoms with Crippen molar-refractivity contribution in [2.24, 2.45) is 5.92 Å². The van der Waals surface area contributed by atoms with Crippen LogP contribution < -0.4 is 5.32 Å². The third kappa shape index (κ3) is 5.57. The molecule has 188 valence electrons. The number of ether oxygens (including phenoxy) is 2. The molecule has 0 saturated carbocycles. The van der Waals surface area contributed by atoms with Gasteiger partial charge in [0.1, 0.15) is 0 Å². The minimum Gasteiger partial charge on any atom is -0.466 e. The summed E-state index contributed by atoms with van der Waals surface area (Å²) in [6, 6.07) is 11.4. The van der Waals surface area contributed by atoms with Crippen LogP contribution >= 0.6 is 0 Å². The topological polar surface area (TPSA) is 151 Å². The number of nitro groups is 2. The van der Waals surface area contributed by atoms with E-state index in [0.717, 1.165) is 0 Å². The smallest absolute Gasteiger partial charge is 0.336 e. The fourth-order valence-electron chi connectivity index (χ4n) is 4.14. The number of nitrogens with one attached hydrogen (secondary N) is 1. The van der Waals surface area contributed by atoms with Gasteiger partial charge in [0.15, 0.2) is 0 Å². The largest absolute Gasteiger partial charge is 0.466 e. The molecule has 11 heteroatoms. The highest BCUT2D eigenvalue weighted by atomic mass is 16.6. The molecule has 0 unspecified atom stereocenters. The maximum Gasteiger partial charge on any atom is 0.336 e. The lowest BCUT2D eigenvalue weighted by atomic mass is 9.72. The molecular formula is C25H25N3O8. The Hall–Kier alpha value is -4.54. The molecule has 11 nitrogen and oxygen atoms in total. The Morgan fingerprint density at radius 3 is 2.17 bits per heavy atom. The number of carbonyl (C=O) groups is 2. The first kappa shape index (κ1) is 26.1. The molecule has 36 heavy (non-hydrogen) atoms. The zero-order chi connectivity index (χ0) is 26.4. The van der Waals surface area contributed by atoms with Crippen LogP contribution in [0.2, 0.25) is 0 Å². The molecule has 0 heterocycles. The first-order valence-corrected chi connectivity index (χ1v) is 11.2. The second kappa shape index (κ2) is 11.3. The van der Waals surface area contributed by atoms with E-state index in [4.69, 9.17) is 9.47 Å². The predicted molar refractivity (Wildman–Crippen MR) is 130 cm³/mol. The number of anilines is 1. The number of nitro benzene ring substituents is 2. The van der Waals surface area contributed by atoms with Crippen molar-refractivity contribution in [3.8, 4) is 0 Å². The zero-order valence-electron chi connectivity index (χ0n) is 19.9. The molecule has 2 aromatic rings. The first-order chi connectivity index (χ1) is 17.2. The predicted octanol–water partition coefficient (Wildman–Crippen LogP) is 4.66. The highest BCUT2D eigenvalue weighted by molar-refractivity contribution is 5.96. The molecule has 0 fully saturated rings. The van der Waals surface area contributed by atoms with E-state index in [0.29, 0.717) is 16.8 Å². The number of rotatable bonds is 9. The summed E-state index contributed by atoms with van der Waals surface area (Å²) >= 11 is 0. The van der Waals surface area contributed by atoms with Gasteiger partial charge in [0.25, 0.3) is 11.4 Å². The highest BCUT2D eigenvalue weighted by Gasteiger charge is 2.42. The Kier molecular flexibility index (Phi) is 8.15. The van der Waals surface area contributed by atoms with Gasteiger partial charge in [0.05, 0.1) is 34.6 Å². The van der Waals surface area contributed by atoms with Crippen molar-refractivity contribution in [1.82, 2.24) is 0 Å². The van der Waals surface area contributed by atoms with Crippen LogP contribution in [0.3, 0.4) is 0 Å². The van der Waals surface area contributed by atoms with Crippen molar-refractivity contribution in [3.05, 3.63) is 97.2 Å². The fraction of sp³-hybridized carbons (Fsp3) is 0.280. The van der Waals surface area contributed by atoms with Gasteiger partial charge >= 0.3 is 11.9 Å². The SMILES string of the molecule is CCOC(=O)C1=C(Nc2cccc([N+](=O)[O-])c2)C=C(C)[C@@H](C(=O)OCC)[C@@H]1c1cccc([N+](=O)[O-])c1. The average molecular weight is 495 g/mol. The normalized spacial score (nSPS) is 17.1. The van der Waals surface area contributed by atoms with E-state index >= 15 is 0 Å². The maximum absolute atomic E-state index is 13.3. The van der Waals surface area contributed by atoms with Crippen LogP contribution in [0.25, 0.3) is 0 Å². The monoisotopic (exact) mass is 495 g/mol. The van der Waals surface area contributed by atoms with Crippen molar-refractivity contribution >= 4 is 29.0 Å². The van der Waals surface area contributed by atoms with Crippen LogP contribution in [0.5, 0.6) is 0 Å². The van der Waals surface area contributed by atoms with E-state index < -0.39 is 33.6 Å². The van der Waals surface area contributed by atoms with Crippen molar-refractivity contribution in [2.45, 2.75) is 26.7 Å². The standard InChI is InChI=1S/C25H25N3O8/c1-4-35-24(29)21-15(3)12-20(26-17-9-7-11-19(14-17)28(33)34)23(25(30)36-5-2)22(21)16-8-6-10-18(13-16)27(31)32/h6-14,21-22,26H,4-5H2,1-3H3/t21-,22+/m1/s1. The van der Waals surface area contributed by atoms with E-state index in [2.05, 4.69) is 5.32 Å². The van der Waals surface area contributed by atoms with Gasteiger partial charge in [0.2, 0.25) is 0 Å². The van der Waals surface area contributed by atoms with Gasteiger partial charge in [-0.05, 0) is 38.5 Å². The summed E-state index contributed by atoms with van der Waals surface area (Å²) in [4.78, 5) is 47.9.